The number of thiazole rings is 1. The molecular weight excluding hydrogens is 528 g/mol. The first-order valence-corrected chi connectivity index (χ1v) is 13.3. The maximum Gasteiger partial charge on any atom is 0.410 e. The van der Waals surface area contributed by atoms with Crippen LogP contribution in [0, 0.1) is 6.92 Å². The van der Waals surface area contributed by atoms with Gasteiger partial charge in [-0.05, 0) is 39.3 Å². The zero-order valence-electron chi connectivity index (χ0n) is 21.7. The summed E-state index contributed by atoms with van der Waals surface area (Å²) >= 11 is 7.45. The highest BCUT2D eigenvalue weighted by Crippen LogP contribution is 2.29. The quantitative estimate of drug-likeness (QED) is 0.401. The number of nitrogens with one attached hydrogen (secondary N) is 2. The molecule has 202 valence electrons. The van der Waals surface area contributed by atoms with Gasteiger partial charge in [0.2, 0.25) is 0 Å². The number of nitrogens with two attached hydrogens (primary N) is 1. The van der Waals surface area contributed by atoms with Gasteiger partial charge in [0.25, 0.3) is 5.91 Å². The van der Waals surface area contributed by atoms with Crippen LogP contribution < -0.4 is 21.3 Å². The van der Waals surface area contributed by atoms with E-state index in [0.29, 0.717) is 58.5 Å². The molecule has 1 aliphatic heterocycles. The standard InChI is InChI=1S/C25H31ClN8O3S/c1-15-29-19(12-20(30-15)33-8-10-34(11-9-33)24(36)37-25(2,3)4)31-23-28-14-18(38-23)22(35)32-21-16(13-27)6-5-7-17(21)26/h5-7,12,14H,8-11,13,27H2,1-4H3,(H,32,35)(H,28,29,30,31). The Balaban J connectivity index is 1.40. The van der Waals surface area contributed by atoms with Crippen molar-refractivity contribution in [3.8, 4) is 0 Å². The van der Waals surface area contributed by atoms with Gasteiger partial charge in [-0.3, -0.25) is 4.79 Å². The number of anilines is 4. The molecule has 3 heterocycles. The fourth-order valence-corrected chi connectivity index (χ4v) is 4.78. The summed E-state index contributed by atoms with van der Waals surface area (Å²) in [4.78, 5) is 42.8. The molecule has 0 spiro atoms. The predicted octanol–water partition coefficient (Wildman–Crippen LogP) is 4.41. The fourth-order valence-electron chi connectivity index (χ4n) is 3.82. The Labute approximate surface area is 230 Å². The molecule has 1 fully saturated rings. The lowest BCUT2D eigenvalue weighted by Gasteiger charge is -2.36. The van der Waals surface area contributed by atoms with Gasteiger partial charge < -0.3 is 30.9 Å². The number of rotatable bonds is 6. The number of ether oxygens (including phenoxy) is 1. The van der Waals surface area contributed by atoms with Crippen LogP contribution in [0.1, 0.15) is 41.8 Å². The lowest BCUT2D eigenvalue weighted by atomic mass is 10.1. The van der Waals surface area contributed by atoms with Crippen LogP contribution in [-0.2, 0) is 11.3 Å². The van der Waals surface area contributed by atoms with E-state index >= 15 is 0 Å². The van der Waals surface area contributed by atoms with Gasteiger partial charge in [-0.1, -0.05) is 35.1 Å². The third kappa shape index (κ3) is 6.88. The lowest BCUT2D eigenvalue weighted by Crippen LogP contribution is -2.50. The van der Waals surface area contributed by atoms with E-state index in [-0.39, 0.29) is 18.5 Å². The summed E-state index contributed by atoms with van der Waals surface area (Å²) in [7, 11) is 0. The molecule has 1 aliphatic rings. The zero-order chi connectivity index (χ0) is 27.4. The predicted molar refractivity (Wildman–Crippen MR) is 149 cm³/mol. The second kappa shape index (κ2) is 11.5. The summed E-state index contributed by atoms with van der Waals surface area (Å²) < 4.78 is 5.48. The van der Waals surface area contributed by atoms with Crippen LogP contribution in [0.25, 0.3) is 0 Å². The van der Waals surface area contributed by atoms with Gasteiger partial charge in [-0.2, -0.15) is 0 Å². The van der Waals surface area contributed by atoms with Gasteiger partial charge in [0, 0.05) is 38.8 Å². The first kappa shape index (κ1) is 27.6. The molecule has 0 radical (unpaired) electrons. The maximum atomic E-state index is 12.8. The van der Waals surface area contributed by atoms with E-state index in [1.807, 2.05) is 39.8 Å². The molecule has 1 saturated heterocycles. The van der Waals surface area contributed by atoms with Crippen LogP contribution in [0.4, 0.5) is 27.2 Å². The highest BCUT2D eigenvalue weighted by Gasteiger charge is 2.26. The van der Waals surface area contributed by atoms with Gasteiger partial charge in [0.1, 0.15) is 27.9 Å². The van der Waals surface area contributed by atoms with Crippen LogP contribution in [0.15, 0.2) is 30.5 Å². The molecule has 3 aromatic rings. The number of hydrogen-bond donors (Lipinski definition) is 3. The Morgan fingerprint density at radius 2 is 1.92 bits per heavy atom. The molecule has 2 amide bonds. The number of nitrogens with zero attached hydrogens (tertiary/aromatic N) is 5. The number of aromatic nitrogens is 3. The number of hydrogen-bond acceptors (Lipinski definition) is 10. The van der Waals surface area contributed by atoms with Gasteiger partial charge in [-0.15, -0.1) is 0 Å². The summed E-state index contributed by atoms with van der Waals surface area (Å²) in [5, 5.41) is 6.92. The largest absolute Gasteiger partial charge is 0.444 e. The molecule has 0 bridgehead atoms. The highest BCUT2D eigenvalue weighted by atomic mass is 35.5. The topological polar surface area (TPSA) is 139 Å². The van der Waals surface area contributed by atoms with Gasteiger partial charge in [0.15, 0.2) is 5.13 Å². The van der Waals surface area contributed by atoms with Crippen molar-refractivity contribution >= 4 is 57.4 Å². The van der Waals surface area contributed by atoms with Crippen molar-refractivity contribution in [2.24, 2.45) is 5.73 Å². The third-order valence-corrected chi connectivity index (χ3v) is 6.83. The van der Waals surface area contributed by atoms with Gasteiger partial charge in [0.05, 0.1) is 16.9 Å². The number of para-hydroxylation sites is 1. The molecule has 11 nitrogen and oxygen atoms in total. The van der Waals surface area contributed by atoms with Crippen LogP contribution in [-0.4, -0.2) is 63.6 Å². The molecular formula is C25H31ClN8O3S. The molecule has 4 N–H and O–H groups in total. The lowest BCUT2D eigenvalue weighted by molar-refractivity contribution is 0.0240. The fraction of sp³-hybridized carbons (Fsp3) is 0.400. The Hall–Kier alpha value is -3.48. The van der Waals surface area contributed by atoms with Crippen LogP contribution in [0.2, 0.25) is 5.02 Å². The van der Waals surface area contributed by atoms with Crippen LogP contribution in [0.3, 0.4) is 0 Å². The highest BCUT2D eigenvalue weighted by molar-refractivity contribution is 7.17. The molecule has 13 heteroatoms. The summed E-state index contributed by atoms with van der Waals surface area (Å²) in [6.45, 7) is 9.91. The molecule has 0 saturated carbocycles. The van der Waals surface area contributed by atoms with Crippen molar-refractivity contribution in [3.63, 3.8) is 0 Å². The van der Waals surface area contributed by atoms with E-state index in [1.54, 1.807) is 17.0 Å². The number of amides is 2. The number of aryl methyl sites for hydroxylation is 1. The van der Waals surface area contributed by atoms with Crippen molar-refractivity contribution in [3.05, 3.63) is 51.7 Å². The van der Waals surface area contributed by atoms with E-state index < -0.39 is 5.60 Å². The first-order valence-electron chi connectivity index (χ1n) is 12.1. The third-order valence-electron chi connectivity index (χ3n) is 5.60. The van der Waals surface area contributed by atoms with Crippen molar-refractivity contribution in [2.75, 3.05) is 41.7 Å². The minimum absolute atomic E-state index is 0.247. The van der Waals surface area contributed by atoms with Crippen LogP contribution >= 0.6 is 22.9 Å². The summed E-state index contributed by atoms with van der Waals surface area (Å²) in [5.74, 6) is 1.55. The van der Waals surface area contributed by atoms with E-state index in [2.05, 4.69) is 30.5 Å². The summed E-state index contributed by atoms with van der Waals surface area (Å²) in [5.41, 5.74) is 6.48. The van der Waals surface area contributed by atoms with E-state index in [9.17, 15) is 9.59 Å². The number of halogens is 1. The second-order valence-electron chi connectivity index (χ2n) is 9.70. The van der Waals surface area contributed by atoms with Crippen molar-refractivity contribution in [2.45, 2.75) is 39.8 Å². The smallest absolute Gasteiger partial charge is 0.410 e. The van der Waals surface area contributed by atoms with Gasteiger partial charge in [-0.25, -0.2) is 19.7 Å². The Morgan fingerprint density at radius 1 is 1.18 bits per heavy atom. The number of benzene rings is 1. The molecule has 4 rings (SSSR count). The Morgan fingerprint density at radius 3 is 2.61 bits per heavy atom. The second-order valence-corrected chi connectivity index (χ2v) is 11.1. The van der Waals surface area contributed by atoms with Crippen molar-refractivity contribution in [1.29, 1.82) is 0 Å². The number of carbonyl (C=O) groups excluding carboxylic acids is 2. The SMILES string of the molecule is Cc1nc(Nc2ncc(C(=O)Nc3c(Cl)cccc3CN)s2)cc(N2CCN(C(=O)OC(C)(C)C)CC2)n1. The maximum absolute atomic E-state index is 12.8. The molecule has 0 atom stereocenters. The Bertz CT molecular complexity index is 1320. The molecule has 1 aromatic carbocycles. The minimum Gasteiger partial charge on any atom is -0.444 e. The molecule has 38 heavy (non-hydrogen) atoms. The zero-order valence-corrected chi connectivity index (χ0v) is 23.3. The van der Waals surface area contributed by atoms with E-state index in [4.69, 9.17) is 22.1 Å². The number of piperazine rings is 1. The average molecular weight is 559 g/mol. The molecule has 2 aromatic heterocycles. The van der Waals surface area contributed by atoms with Crippen LogP contribution in [0.5, 0.6) is 0 Å². The average Bonchev–Trinajstić information content (AvgIpc) is 3.32. The van der Waals surface area contributed by atoms with Crippen molar-refractivity contribution in [1.82, 2.24) is 19.9 Å². The molecule has 0 aliphatic carbocycles. The van der Waals surface area contributed by atoms with E-state index in [0.717, 1.165) is 11.4 Å². The normalized spacial score (nSPS) is 13.8. The molecule has 0 unspecified atom stereocenters. The number of carbonyl (C=O) groups is 2. The van der Waals surface area contributed by atoms with Crippen molar-refractivity contribution < 1.29 is 14.3 Å². The monoisotopic (exact) mass is 558 g/mol. The minimum atomic E-state index is -0.531. The first-order chi connectivity index (χ1) is 18.0. The summed E-state index contributed by atoms with van der Waals surface area (Å²) in [6.07, 6.45) is 1.18. The van der Waals surface area contributed by atoms with Gasteiger partial charge >= 0.3 is 6.09 Å². The Kier molecular flexibility index (Phi) is 8.34. The van der Waals surface area contributed by atoms with E-state index in [1.165, 1.54) is 17.5 Å². The summed E-state index contributed by atoms with van der Waals surface area (Å²) in [6, 6.07) is 7.12.